The first kappa shape index (κ1) is 14.4. The maximum atomic E-state index is 12.2. The monoisotopic (exact) mass is 249 g/mol. The van der Waals surface area contributed by atoms with E-state index in [9.17, 15) is 9.59 Å². The molecule has 18 heavy (non-hydrogen) atoms. The number of hydrogen-bond acceptors (Lipinski definition) is 3. The predicted octanol–water partition coefficient (Wildman–Crippen LogP) is 2.10. The lowest BCUT2D eigenvalue weighted by Crippen LogP contribution is -2.41. The third kappa shape index (κ3) is 4.67. The summed E-state index contributed by atoms with van der Waals surface area (Å²) >= 11 is 0. The van der Waals surface area contributed by atoms with Crippen molar-refractivity contribution in [2.75, 3.05) is 0 Å². The second kappa shape index (κ2) is 6.91. The topological polar surface area (TPSA) is 66.4 Å². The highest BCUT2D eigenvalue weighted by Crippen LogP contribution is 2.09. The van der Waals surface area contributed by atoms with E-state index in [2.05, 4.69) is 5.32 Å². The Morgan fingerprint density at radius 1 is 1.22 bits per heavy atom. The minimum absolute atomic E-state index is 0.0110. The van der Waals surface area contributed by atoms with Gasteiger partial charge in [0.25, 0.3) is 0 Å². The van der Waals surface area contributed by atoms with Crippen LogP contribution in [0.3, 0.4) is 0 Å². The fourth-order valence-electron chi connectivity index (χ4n) is 1.76. The van der Waals surface area contributed by atoms with Crippen molar-refractivity contribution < 1.29 is 14.7 Å². The molecule has 0 amide bonds. The molecular formula is C14H19NO3. The molecule has 0 aliphatic heterocycles. The summed E-state index contributed by atoms with van der Waals surface area (Å²) < 4.78 is 0. The van der Waals surface area contributed by atoms with Crippen LogP contribution in [0.15, 0.2) is 30.3 Å². The van der Waals surface area contributed by atoms with E-state index in [4.69, 9.17) is 5.11 Å². The molecule has 0 aliphatic rings. The normalized spacial score (nSPS) is 12.4. The molecule has 98 valence electrons. The number of hydrogen-bond donors (Lipinski definition) is 2. The van der Waals surface area contributed by atoms with Crippen LogP contribution in [0.1, 0.15) is 37.0 Å². The van der Waals surface area contributed by atoms with Gasteiger partial charge in [-0.3, -0.25) is 9.59 Å². The number of carbonyl (C=O) groups excluding carboxylic acids is 1. The molecule has 0 heterocycles. The molecule has 4 nitrogen and oxygen atoms in total. The highest BCUT2D eigenvalue weighted by atomic mass is 16.4. The molecule has 0 aromatic heterocycles. The van der Waals surface area contributed by atoms with Gasteiger partial charge >= 0.3 is 5.97 Å². The molecule has 1 rings (SSSR count). The number of ketones is 1. The third-order valence-corrected chi connectivity index (χ3v) is 2.56. The molecule has 0 radical (unpaired) electrons. The molecule has 4 heteroatoms. The Kier molecular flexibility index (Phi) is 5.52. The van der Waals surface area contributed by atoms with Gasteiger partial charge in [0.2, 0.25) is 0 Å². The van der Waals surface area contributed by atoms with Gasteiger partial charge in [-0.15, -0.1) is 0 Å². The number of aliphatic carboxylic acids is 1. The van der Waals surface area contributed by atoms with E-state index in [0.717, 1.165) is 0 Å². The largest absolute Gasteiger partial charge is 0.481 e. The van der Waals surface area contributed by atoms with Crippen LogP contribution in [0, 0.1) is 0 Å². The summed E-state index contributed by atoms with van der Waals surface area (Å²) in [6.07, 6.45) is 0.296. The Morgan fingerprint density at radius 2 is 1.83 bits per heavy atom. The summed E-state index contributed by atoms with van der Waals surface area (Å²) in [6.45, 7) is 3.87. The van der Waals surface area contributed by atoms with E-state index in [-0.39, 0.29) is 18.2 Å². The Labute approximate surface area is 107 Å². The SMILES string of the molecule is CC(C)NC(CCC(=O)O)C(=O)c1ccccc1. The molecule has 0 saturated carbocycles. The van der Waals surface area contributed by atoms with Gasteiger partial charge in [-0.25, -0.2) is 0 Å². The van der Waals surface area contributed by atoms with Crippen molar-refractivity contribution in [1.82, 2.24) is 5.32 Å². The van der Waals surface area contributed by atoms with Crippen LogP contribution >= 0.6 is 0 Å². The minimum atomic E-state index is -0.883. The first-order valence-corrected chi connectivity index (χ1v) is 6.08. The molecule has 0 saturated heterocycles. The van der Waals surface area contributed by atoms with Crippen molar-refractivity contribution in [2.24, 2.45) is 0 Å². The Balaban J connectivity index is 2.75. The highest BCUT2D eigenvalue weighted by Gasteiger charge is 2.21. The zero-order valence-corrected chi connectivity index (χ0v) is 10.7. The van der Waals surface area contributed by atoms with Crippen LogP contribution < -0.4 is 5.32 Å². The molecule has 0 fully saturated rings. The van der Waals surface area contributed by atoms with Gasteiger partial charge in [-0.05, 0) is 6.42 Å². The smallest absolute Gasteiger partial charge is 0.303 e. The van der Waals surface area contributed by atoms with Crippen molar-refractivity contribution in [1.29, 1.82) is 0 Å². The lowest BCUT2D eigenvalue weighted by molar-refractivity contribution is -0.137. The first-order valence-electron chi connectivity index (χ1n) is 6.08. The number of nitrogens with one attached hydrogen (secondary N) is 1. The van der Waals surface area contributed by atoms with Gasteiger partial charge in [-0.2, -0.15) is 0 Å². The van der Waals surface area contributed by atoms with Gasteiger partial charge in [-0.1, -0.05) is 44.2 Å². The summed E-state index contributed by atoms with van der Waals surface area (Å²) in [6, 6.07) is 8.64. The summed E-state index contributed by atoms with van der Waals surface area (Å²) in [7, 11) is 0. The number of benzene rings is 1. The van der Waals surface area contributed by atoms with Crippen LogP contribution in [0.25, 0.3) is 0 Å². The van der Waals surface area contributed by atoms with E-state index in [0.29, 0.717) is 12.0 Å². The maximum Gasteiger partial charge on any atom is 0.303 e. The van der Waals surface area contributed by atoms with Gasteiger partial charge in [0.1, 0.15) is 0 Å². The van der Waals surface area contributed by atoms with Crippen molar-refractivity contribution in [3.8, 4) is 0 Å². The van der Waals surface area contributed by atoms with Gasteiger partial charge in [0.15, 0.2) is 5.78 Å². The average Bonchev–Trinajstić information content (AvgIpc) is 2.34. The molecule has 2 N–H and O–H groups in total. The molecule has 1 atom stereocenters. The number of Topliss-reactive ketones (excluding diaryl/α,β-unsaturated/α-hetero) is 1. The van der Waals surface area contributed by atoms with Crippen molar-refractivity contribution in [3.63, 3.8) is 0 Å². The zero-order chi connectivity index (χ0) is 13.5. The van der Waals surface area contributed by atoms with Gasteiger partial charge < -0.3 is 10.4 Å². The molecule has 0 spiro atoms. The van der Waals surface area contributed by atoms with E-state index >= 15 is 0 Å². The van der Waals surface area contributed by atoms with Gasteiger partial charge in [0, 0.05) is 18.0 Å². The minimum Gasteiger partial charge on any atom is -0.481 e. The van der Waals surface area contributed by atoms with Crippen LogP contribution in [-0.2, 0) is 4.79 Å². The quantitative estimate of drug-likeness (QED) is 0.726. The van der Waals surface area contributed by atoms with Crippen molar-refractivity contribution in [2.45, 2.75) is 38.8 Å². The van der Waals surface area contributed by atoms with E-state index in [1.807, 2.05) is 19.9 Å². The lowest BCUT2D eigenvalue weighted by atomic mass is 9.99. The predicted molar refractivity (Wildman–Crippen MR) is 69.7 cm³/mol. The summed E-state index contributed by atoms with van der Waals surface area (Å²) in [5.74, 6) is -0.933. The van der Waals surface area contributed by atoms with Crippen LogP contribution in [-0.4, -0.2) is 28.9 Å². The van der Waals surface area contributed by atoms with Crippen molar-refractivity contribution >= 4 is 11.8 Å². The average molecular weight is 249 g/mol. The Morgan fingerprint density at radius 3 is 2.33 bits per heavy atom. The van der Waals surface area contributed by atoms with Crippen molar-refractivity contribution in [3.05, 3.63) is 35.9 Å². The summed E-state index contributed by atoms with van der Waals surface area (Å²) in [5.41, 5.74) is 0.612. The van der Waals surface area contributed by atoms with Crippen LogP contribution in [0.4, 0.5) is 0 Å². The standard InChI is InChI=1S/C14H19NO3/c1-10(2)15-12(8-9-13(16)17)14(18)11-6-4-3-5-7-11/h3-7,10,12,15H,8-9H2,1-2H3,(H,16,17). The summed E-state index contributed by atoms with van der Waals surface area (Å²) in [5, 5.41) is 11.8. The van der Waals surface area contributed by atoms with E-state index in [1.165, 1.54) is 0 Å². The zero-order valence-electron chi connectivity index (χ0n) is 10.7. The molecular weight excluding hydrogens is 230 g/mol. The molecule has 0 aliphatic carbocycles. The summed E-state index contributed by atoms with van der Waals surface area (Å²) in [4.78, 5) is 22.8. The maximum absolute atomic E-state index is 12.2. The third-order valence-electron chi connectivity index (χ3n) is 2.56. The molecule has 1 aromatic rings. The molecule has 1 aromatic carbocycles. The van der Waals surface area contributed by atoms with Crippen LogP contribution in [0.5, 0.6) is 0 Å². The number of rotatable bonds is 7. The van der Waals surface area contributed by atoms with E-state index in [1.54, 1.807) is 24.3 Å². The Hall–Kier alpha value is -1.68. The molecule has 1 unspecified atom stereocenters. The number of carbonyl (C=O) groups is 2. The van der Waals surface area contributed by atoms with E-state index < -0.39 is 12.0 Å². The van der Waals surface area contributed by atoms with Crippen LogP contribution in [0.2, 0.25) is 0 Å². The first-order chi connectivity index (χ1) is 8.50. The second-order valence-corrected chi connectivity index (χ2v) is 4.54. The number of carboxylic acids is 1. The highest BCUT2D eigenvalue weighted by molar-refractivity contribution is 6.00. The molecule has 0 bridgehead atoms. The Bertz CT molecular complexity index is 401. The fourth-order valence-corrected chi connectivity index (χ4v) is 1.76. The fraction of sp³-hybridized carbons (Fsp3) is 0.429. The van der Waals surface area contributed by atoms with Gasteiger partial charge in [0.05, 0.1) is 6.04 Å². The second-order valence-electron chi connectivity index (χ2n) is 4.54. The number of carboxylic acid groups (broad SMARTS) is 1. The lowest BCUT2D eigenvalue weighted by Gasteiger charge is -2.19.